The topological polar surface area (TPSA) is 76.7 Å². The van der Waals surface area contributed by atoms with Crippen LogP contribution in [0.1, 0.15) is 26.3 Å². The Bertz CT molecular complexity index is 468. The minimum Gasteiger partial charge on any atom is -0.444 e. The van der Waals surface area contributed by atoms with Crippen LogP contribution in [-0.2, 0) is 20.8 Å². The number of hydrogen-bond donors (Lipinski definition) is 2. The van der Waals surface area contributed by atoms with Gasteiger partial charge in [-0.15, -0.1) is 0 Å². The molecule has 0 aliphatic heterocycles. The molecule has 1 rings (SSSR count). The van der Waals surface area contributed by atoms with E-state index < -0.39 is 23.6 Å². The number of ether oxygens (including phenoxy) is 1. The van der Waals surface area contributed by atoms with E-state index >= 15 is 0 Å². The summed E-state index contributed by atoms with van der Waals surface area (Å²) in [6.45, 7) is 5.27. The molecule has 6 nitrogen and oxygen atoms in total. The Labute approximate surface area is 124 Å². The van der Waals surface area contributed by atoms with E-state index in [0.717, 1.165) is 5.56 Å². The Balaban J connectivity index is 2.73. The van der Waals surface area contributed by atoms with Crippen molar-refractivity contribution in [2.24, 2.45) is 0 Å². The van der Waals surface area contributed by atoms with Crippen LogP contribution in [-0.4, -0.2) is 30.8 Å². The molecule has 0 saturated carbocycles. The molecule has 0 aromatic heterocycles. The van der Waals surface area contributed by atoms with E-state index in [-0.39, 0.29) is 0 Å². The van der Waals surface area contributed by atoms with Crippen LogP contribution in [0.5, 0.6) is 0 Å². The summed E-state index contributed by atoms with van der Waals surface area (Å²) < 4.78 is 5.16. The van der Waals surface area contributed by atoms with Gasteiger partial charge in [-0.1, -0.05) is 30.3 Å². The van der Waals surface area contributed by atoms with Gasteiger partial charge in [0.15, 0.2) is 0 Å². The average molecular weight is 294 g/mol. The zero-order valence-electron chi connectivity index (χ0n) is 12.8. The normalized spacial score (nSPS) is 12.4. The zero-order chi connectivity index (χ0) is 15.9. The maximum absolute atomic E-state index is 11.9. The van der Waals surface area contributed by atoms with Crippen LogP contribution >= 0.6 is 0 Å². The lowest BCUT2D eigenvalue weighted by Gasteiger charge is -2.23. The maximum Gasteiger partial charge on any atom is 0.408 e. The number of carbonyl (C=O) groups excluding carboxylic acids is 2. The summed E-state index contributed by atoms with van der Waals surface area (Å²) >= 11 is 0. The van der Waals surface area contributed by atoms with Crippen molar-refractivity contribution in [3.8, 4) is 0 Å². The monoisotopic (exact) mass is 294 g/mol. The van der Waals surface area contributed by atoms with E-state index in [1.165, 1.54) is 7.11 Å². The molecule has 1 atom stereocenters. The molecule has 0 fully saturated rings. The number of benzene rings is 1. The average Bonchev–Trinajstić information content (AvgIpc) is 2.37. The molecule has 116 valence electrons. The molecule has 2 N–H and O–H groups in total. The van der Waals surface area contributed by atoms with Crippen molar-refractivity contribution >= 4 is 12.0 Å². The Hall–Kier alpha value is -2.08. The quantitative estimate of drug-likeness (QED) is 0.812. The second-order valence-electron chi connectivity index (χ2n) is 5.56. The molecule has 0 bridgehead atoms. The molecule has 0 heterocycles. The van der Waals surface area contributed by atoms with Gasteiger partial charge in [-0.25, -0.2) is 10.3 Å². The van der Waals surface area contributed by atoms with Gasteiger partial charge in [0.1, 0.15) is 11.6 Å². The predicted molar refractivity (Wildman–Crippen MR) is 78.5 cm³/mol. The first-order valence-electron chi connectivity index (χ1n) is 6.68. The minimum absolute atomic E-state index is 0.343. The van der Waals surface area contributed by atoms with Crippen molar-refractivity contribution in [2.45, 2.75) is 38.8 Å². The first-order chi connectivity index (χ1) is 9.81. The van der Waals surface area contributed by atoms with Gasteiger partial charge in [-0.3, -0.25) is 9.63 Å². The first-order valence-corrected chi connectivity index (χ1v) is 6.68. The number of hydrogen-bond acceptors (Lipinski definition) is 4. The number of rotatable bonds is 5. The summed E-state index contributed by atoms with van der Waals surface area (Å²) in [6.07, 6.45) is -0.301. The van der Waals surface area contributed by atoms with Crippen LogP contribution in [0.15, 0.2) is 30.3 Å². The van der Waals surface area contributed by atoms with Crippen LogP contribution < -0.4 is 10.8 Å². The predicted octanol–water partition coefficient (Wildman–Crippen LogP) is 1.80. The van der Waals surface area contributed by atoms with Crippen LogP contribution in [0.25, 0.3) is 0 Å². The summed E-state index contributed by atoms with van der Waals surface area (Å²) in [5.74, 6) is -0.438. The SMILES string of the molecule is CONC(=O)[C@@H](Cc1ccccc1)NC(=O)OC(C)(C)C. The third-order valence-corrected chi connectivity index (χ3v) is 2.49. The Morgan fingerprint density at radius 3 is 2.33 bits per heavy atom. The summed E-state index contributed by atoms with van der Waals surface area (Å²) in [7, 11) is 1.34. The number of alkyl carbamates (subject to hydrolysis) is 1. The highest BCUT2D eigenvalue weighted by Gasteiger charge is 2.24. The molecule has 1 aromatic rings. The molecule has 0 unspecified atom stereocenters. The largest absolute Gasteiger partial charge is 0.444 e. The van der Waals surface area contributed by atoms with Gasteiger partial charge in [0.05, 0.1) is 7.11 Å². The van der Waals surface area contributed by atoms with Gasteiger partial charge >= 0.3 is 6.09 Å². The number of nitrogens with one attached hydrogen (secondary N) is 2. The number of carbonyl (C=O) groups is 2. The fourth-order valence-corrected chi connectivity index (χ4v) is 1.68. The van der Waals surface area contributed by atoms with E-state index in [2.05, 4.69) is 15.6 Å². The van der Waals surface area contributed by atoms with Crippen LogP contribution in [0.3, 0.4) is 0 Å². The lowest BCUT2D eigenvalue weighted by molar-refractivity contribution is -0.133. The molecule has 0 spiro atoms. The van der Waals surface area contributed by atoms with Gasteiger partial charge in [-0.05, 0) is 26.3 Å². The summed E-state index contributed by atoms with van der Waals surface area (Å²) in [6, 6.07) is 8.60. The fourth-order valence-electron chi connectivity index (χ4n) is 1.68. The highest BCUT2D eigenvalue weighted by molar-refractivity contribution is 5.85. The molecule has 0 saturated heterocycles. The smallest absolute Gasteiger partial charge is 0.408 e. The third-order valence-electron chi connectivity index (χ3n) is 2.49. The van der Waals surface area contributed by atoms with E-state index in [9.17, 15) is 9.59 Å². The van der Waals surface area contributed by atoms with Crippen molar-refractivity contribution in [3.63, 3.8) is 0 Å². The lowest BCUT2D eigenvalue weighted by Crippen LogP contribution is -2.49. The Kier molecular flexibility index (Phi) is 6.17. The van der Waals surface area contributed by atoms with Gasteiger partial charge in [0, 0.05) is 6.42 Å². The van der Waals surface area contributed by atoms with E-state index in [1.807, 2.05) is 30.3 Å². The van der Waals surface area contributed by atoms with Crippen molar-refractivity contribution in [1.82, 2.24) is 10.8 Å². The van der Waals surface area contributed by atoms with Gasteiger partial charge in [-0.2, -0.15) is 0 Å². The van der Waals surface area contributed by atoms with Crippen molar-refractivity contribution in [2.75, 3.05) is 7.11 Å². The summed E-state index contributed by atoms with van der Waals surface area (Å²) in [5.41, 5.74) is 2.52. The van der Waals surface area contributed by atoms with Crippen molar-refractivity contribution < 1.29 is 19.2 Å². The highest BCUT2D eigenvalue weighted by Crippen LogP contribution is 2.08. The zero-order valence-corrected chi connectivity index (χ0v) is 12.8. The number of amides is 2. The van der Waals surface area contributed by atoms with Crippen molar-refractivity contribution in [1.29, 1.82) is 0 Å². The fraction of sp³-hybridized carbons (Fsp3) is 0.467. The van der Waals surface area contributed by atoms with Gasteiger partial charge in [0.25, 0.3) is 5.91 Å². The van der Waals surface area contributed by atoms with Gasteiger partial charge < -0.3 is 10.1 Å². The minimum atomic E-state index is -0.776. The molecule has 2 amide bonds. The number of hydroxylamine groups is 1. The van der Waals surface area contributed by atoms with Crippen LogP contribution in [0, 0.1) is 0 Å². The summed E-state index contributed by atoms with van der Waals surface area (Å²) in [4.78, 5) is 28.4. The Morgan fingerprint density at radius 2 is 1.81 bits per heavy atom. The molecule has 1 aromatic carbocycles. The molecule has 0 aliphatic carbocycles. The van der Waals surface area contributed by atoms with E-state index in [4.69, 9.17) is 4.74 Å². The maximum atomic E-state index is 11.9. The van der Waals surface area contributed by atoms with E-state index in [1.54, 1.807) is 20.8 Å². The molecular weight excluding hydrogens is 272 g/mol. The third kappa shape index (κ3) is 6.76. The molecule has 0 aliphatic rings. The highest BCUT2D eigenvalue weighted by atomic mass is 16.6. The van der Waals surface area contributed by atoms with Crippen LogP contribution in [0.2, 0.25) is 0 Å². The molecular formula is C15H22N2O4. The Morgan fingerprint density at radius 1 is 1.19 bits per heavy atom. The first kappa shape index (κ1) is 17.0. The molecule has 0 radical (unpaired) electrons. The van der Waals surface area contributed by atoms with Crippen LogP contribution in [0.4, 0.5) is 4.79 Å². The standard InChI is InChI=1S/C15H22N2O4/c1-15(2,3)21-14(19)16-12(13(18)17-20-4)10-11-8-6-5-7-9-11/h5-9,12H,10H2,1-4H3,(H,16,19)(H,17,18)/t12-/m1/s1. The van der Waals surface area contributed by atoms with E-state index in [0.29, 0.717) is 6.42 Å². The van der Waals surface area contributed by atoms with Crippen molar-refractivity contribution in [3.05, 3.63) is 35.9 Å². The summed E-state index contributed by atoms with van der Waals surface area (Å²) in [5, 5.41) is 2.55. The second kappa shape index (κ2) is 7.64. The second-order valence-corrected chi connectivity index (χ2v) is 5.56. The lowest BCUT2D eigenvalue weighted by atomic mass is 10.1. The molecule has 6 heteroatoms. The van der Waals surface area contributed by atoms with Gasteiger partial charge in [0.2, 0.25) is 0 Å². The molecule has 21 heavy (non-hydrogen) atoms.